The molecule has 4 aromatic rings. The molecule has 0 aliphatic carbocycles. The van der Waals surface area contributed by atoms with Gasteiger partial charge < -0.3 is 0 Å². The molecular weight excluding hydrogens is 409 g/mol. The molecule has 0 unspecified atom stereocenters. The Morgan fingerprint density at radius 3 is 2.12 bits per heavy atom. The molecule has 0 spiro atoms. The number of nitrogens with zero attached hydrogens (tertiary/aromatic N) is 2. The molecule has 0 saturated carbocycles. The normalized spacial score (nSPS) is 11.2. The summed E-state index contributed by atoms with van der Waals surface area (Å²) in [5, 5.41) is 1.41. The maximum atomic E-state index is 15.0. The van der Waals surface area contributed by atoms with Gasteiger partial charge in [-0.15, -0.1) is 0 Å². The summed E-state index contributed by atoms with van der Waals surface area (Å²) in [6.45, 7) is 2.13. The van der Waals surface area contributed by atoms with Gasteiger partial charge in [-0.1, -0.05) is 49.7 Å². The lowest BCUT2D eigenvalue weighted by Crippen LogP contribution is -2.00. The largest absolute Gasteiger partial charge is 0.241 e. The lowest BCUT2D eigenvalue weighted by Gasteiger charge is -2.09. The van der Waals surface area contributed by atoms with Crippen LogP contribution in [-0.2, 0) is 32.1 Å². The Morgan fingerprint density at radius 1 is 0.656 bits per heavy atom. The summed E-state index contributed by atoms with van der Waals surface area (Å²) in [5.41, 5.74) is 3.46. The lowest BCUT2D eigenvalue weighted by molar-refractivity contribution is 0.507. The van der Waals surface area contributed by atoms with Crippen molar-refractivity contribution < 1.29 is 13.2 Å². The molecule has 0 amide bonds. The molecule has 32 heavy (non-hydrogen) atoms. The highest BCUT2D eigenvalue weighted by Gasteiger charge is 2.10. The molecule has 1 heterocycles. The number of aromatic nitrogens is 2. The predicted octanol–water partition coefficient (Wildman–Crippen LogP) is 6.57. The van der Waals surface area contributed by atoms with Gasteiger partial charge in [0.25, 0.3) is 0 Å². The van der Waals surface area contributed by atoms with Gasteiger partial charge in [-0.3, -0.25) is 0 Å². The summed E-state index contributed by atoms with van der Waals surface area (Å²) in [6.07, 6.45) is 8.21. The fraction of sp³-hybridized carbons (Fsp3) is 0.259. The topological polar surface area (TPSA) is 25.8 Å². The first-order chi connectivity index (χ1) is 15.5. The molecule has 5 heteroatoms. The summed E-state index contributed by atoms with van der Waals surface area (Å²) in [4.78, 5) is 8.88. The number of benzene rings is 3. The van der Waals surface area contributed by atoms with Crippen LogP contribution < -0.4 is 0 Å². The molecule has 0 saturated heterocycles. The van der Waals surface area contributed by atoms with Gasteiger partial charge in [0.15, 0.2) is 11.6 Å². The lowest BCUT2D eigenvalue weighted by atomic mass is 9.98. The van der Waals surface area contributed by atoms with E-state index in [0.29, 0.717) is 29.4 Å². The SMILES string of the molecule is CCCc1cnc(CCc2ccc3c(F)c(CCc4ccc(F)c(F)c4)ccc3c2)nc1. The van der Waals surface area contributed by atoms with E-state index in [-0.39, 0.29) is 5.82 Å². The Labute approximate surface area is 186 Å². The van der Waals surface area contributed by atoms with E-state index >= 15 is 4.39 Å². The van der Waals surface area contributed by atoms with Crippen LogP contribution in [0, 0.1) is 17.5 Å². The highest BCUT2D eigenvalue weighted by atomic mass is 19.2. The summed E-state index contributed by atoms with van der Waals surface area (Å²) in [7, 11) is 0. The first kappa shape index (κ1) is 22.0. The van der Waals surface area contributed by atoms with Gasteiger partial charge in [0.05, 0.1) is 0 Å². The van der Waals surface area contributed by atoms with E-state index < -0.39 is 11.6 Å². The van der Waals surface area contributed by atoms with Crippen LogP contribution in [0.15, 0.2) is 60.9 Å². The van der Waals surface area contributed by atoms with Gasteiger partial charge in [0.2, 0.25) is 0 Å². The van der Waals surface area contributed by atoms with Crippen molar-refractivity contribution in [2.45, 2.75) is 45.4 Å². The predicted molar refractivity (Wildman–Crippen MR) is 121 cm³/mol. The number of hydrogen-bond donors (Lipinski definition) is 0. The fourth-order valence-electron chi connectivity index (χ4n) is 3.89. The van der Waals surface area contributed by atoms with Crippen molar-refractivity contribution in [2.24, 2.45) is 0 Å². The molecule has 3 aromatic carbocycles. The third kappa shape index (κ3) is 5.16. The summed E-state index contributed by atoms with van der Waals surface area (Å²) in [6, 6.07) is 13.3. The van der Waals surface area contributed by atoms with Crippen molar-refractivity contribution in [1.82, 2.24) is 9.97 Å². The number of hydrogen-bond acceptors (Lipinski definition) is 2. The minimum atomic E-state index is -0.878. The Hall–Kier alpha value is -3.21. The average molecular weight is 435 g/mol. The molecule has 164 valence electrons. The van der Waals surface area contributed by atoms with Gasteiger partial charge >= 0.3 is 0 Å². The van der Waals surface area contributed by atoms with E-state index in [9.17, 15) is 8.78 Å². The van der Waals surface area contributed by atoms with E-state index in [1.54, 1.807) is 6.07 Å². The smallest absolute Gasteiger partial charge is 0.159 e. The Kier molecular flexibility index (Phi) is 6.84. The fourth-order valence-corrected chi connectivity index (χ4v) is 3.89. The van der Waals surface area contributed by atoms with Crippen molar-refractivity contribution in [3.8, 4) is 0 Å². The molecule has 0 aliphatic rings. The van der Waals surface area contributed by atoms with Crippen molar-refractivity contribution >= 4 is 10.8 Å². The van der Waals surface area contributed by atoms with Crippen LogP contribution in [0.2, 0.25) is 0 Å². The number of aryl methyl sites for hydroxylation is 5. The second-order valence-corrected chi connectivity index (χ2v) is 8.10. The second-order valence-electron chi connectivity index (χ2n) is 8.10. The third-order valence-corrected chi connectivity index (χ3v) is 5.70. The number of halogens is 3. The van der Waals surface area contributed by atoms with Gasteiger partial charge in [0, 0.05) is 24.2 Å². The van der Waals surface area contributed by atoms with Crippen LogP contribution in [0.5, 0.6) is 0 Å². The van der Waals surface area contributed by atoms with Crippen LogP contribution in [0.4, 0.5) is 13.2 Å². The van der Waals surface area contributed by atoms with Crippen LogP contribution in [0.25, 0.3) is 10.8 Å². The van der Waals surface area contributed by atoms with Crippen LogP contribution in [0.3, 0.4) is 0 Å². The molecule has 0 radical (unpaired) electrons. The van der Waals surface area contributed by atoms with Gasteiger partial charge in [-0.2, -0.15) is 0 Å². The minimum absolute atomic E-state index is 0.258. The highest BCUT2D eigenvalue weighted by Crippen LogP contribution is 2.24. The Morgan fingerprint density at radius 2 is 1.38 bits per heavy atom. The summed E-state index contributed by atoms with van der Waals surface area (Å²) >= 11 is 0. The minimum Gasteiger partial charge on any atom is -0.241 e. The van der Waals surface area contributed by atoms with Gasteiger partial charge in [-0.05, 0) is 65.5 Å². The second kappa shape index (κ2) is 9.94. The molecule has 0 N–H and O–H groups in total. The van der Waals surface area contributed by atoms with Gasteiger partial charge in [-0.25, -0.2) is 23.1 Å². The van der Waals surface area contributed by atoms with Crippen LogP contribution >= 0.6 is 0 Å². The first-order valence-corrected chi connectivity index (χ1v) is 11.0. The molecule has 0 atom stereocenters. The van der Waals surface area contributed by atoms with Gasteiger partial charge in [0.1, 0.15) is 11.6 Å². The van der Waals surface area contributed by atoms with Crippen molar-refractivity contribution in [1.29, 1.82) is 0 Å². The maximum Gasteiger partial charge on any atom is 0.159 e. The zero-order valence-electron chi connectivity index (χ0n) is 18.0. The summed E-state index contributed by atoms with van der Waals surface area (Å²) in [5.74, 6) is -1.20. The third-order valence-electron chi connectivity index (χ3n) is 5.70. The van der Waals surface area contributed by atoms with E-state index in [1.165, 1.54) is 12.1 Å². The van der Waals surface area contributed by atoms with E-state index in [0.717, 1.165) is 54.1 Å². The molecule has 2 nitrogen and oxygen atoms in total. The van der Waals surface area contributed by atoms with Crippen molar-refractivity contribution in [3.05, 3.63) is 106 Å². The Bertz CT molecular complexity index is 1220. The average Bonchev–Trinajstić information content (AvgIpc) is 2.80. The molecule has 0 fully saturated rings. The maximum absolute atomic E-state index is 15.0. The van der Waals surface area contributed by atoms with E-state index in [4.69, 9.17) is 0 Å². The van der Waals surface area contributed by atoms with E-state index in [2.05, 4.69) is 16.9 Å². The molecule has 4 rings (SSSR count). The Balaban J connectivity index is 1.43. The first-order valence-electron chi connectivity index (χ1n) is 11.0. The molecule has 1 aromatic heterocycles. The van der Waals surface area contributed by atoms with Crippen molar-refractivity contribution in [2.75, 3.05) is 0 Å². The van der Waals surface area contributed by atoms with Crippen LogP contribution in [0.1, 0.15) is 41.4 Å². The van der Waals surface area contributed by atoms with E-state index in [1.807, 2.05) is 36.7 Å². The standard InChI is InChI=1S/C27H25F3N2/c1-2-3-20-16-31-26(32-17-20)13-7-18-5-11-23-22(14-18)10-9-21(27(23)30)8-4-19-6-12-24(28)25(29)15-19/h5-6,9-12,14-17H,2-4,7-8,13H2,1H3. The zero-order valence-corrected chi connectivity index (χ0v) is 18.0. The quantitative estimate of drug-likeness (QED) is 0.313. The zero-order chi connectivity index (χ0) is 22.5. The molecule has 0 bridgehead atoms. The number of rotatable bonds is 8. The monoisotopic (exact) mass is 434 g/mol. The van der Waals surface area contributed by atoms with Crippen LogP contribution in [-0.4, -0.2) is 9.97 Å². The number of fused-ring (bicyclic) bond motifs is 1. The highest BCUT2D eigenvalue weighted by molar-refractivity contribution is 5.84. The summed E-state index contributed by atoms with van der Waals surface area (Å²) < 4.78 is 41.5. The van der Waals surface area contributed by atoms with Crippen molar-refractivity contribution in [3.63, 3.8) is 0 Å². The molecular formula is C27H25F3N2. The molecule has 0 aliphatic heterocycles.